The van der Waals surface area contributed by atoms with Crippen LogP contribution in [0.2, 0.25) is 0 Å². The number of fused-ring (bicyclic) bond motifs is 2. The van der Waals surface area contributed by atoms with Crippen molar-refractivity contribution in [3.8, 4) is 11.1 Å². The summed E-state index contributed by atoms with van der Waals surface area (Å²) in [4.78, 5) is 18.1. The molecule has 5 aromatic rings. The lowest BCUT2D eigenvalue weighted by Crippen LogP contribution is -2.11. The molecule has 0 atom stereocenters. The molecule has 0 bridgehead atoms. The van der Waals surface area contributed by atoms with Gasteiger partial charge in [0.25, 0.3) is 10.0 Å². The van der Waals surface area contributed by atoms with Gasteiger partial charge in [0.2, 0.25) is 0 Å². The fourth-order valence-electron chi connectivity index (χ4n) is 3.29. The number of halogens is 1. The summed E-state index contributed by atoms with van der Waals surface area (Å²) in [7, 11) is -3.96. The number of hydrogen-bond donors (Lipinski definition) is 1. The lowest BCUT2D eigenvalue weighted by atomic mass is 10.1. The number of H-pyrrole nitrogens is 1. The van der Waals surface area contributed by atoms with Crippen LogP contribution in [0.25, 0.3) is 33.3 Å². The van der Waals surface area contributed by atoms with Crippen molar-refractivity contribution in [1.82, 2.24) is 13.9 Å². The Morgan fingerprint density at radius 1 is 1.07 bits per heavy atom. The van der Waals surface area contributed by atoms with E-state index in [0.717, 1.165) is 3.97 Å². The molecule has 0 saturated heterocycles. The highest BCUT2D eigenvalue weighted by Crippen LogP contribution is 2.34. The van der Waals surface area contributed by atoms with E-state index in [-0.39, 0.29) is 21.6 Å². The number of aromatic amines is 1. The normalized spacial score (nSPS) is 12.0. The minimum Gasteiger partial charge on any atom is -0.406 e. The van der Waals surface area contributed by atoms with Gasteiger partial charge in [0, 0.05) is 28.9 Å². The van der Waals surface area contributed by atoms with Crippen molar-refractivity contribution < 1.29 is 17.2 Å². The van der Waals surface area contributed by atoms with Crippen LogP contribution < -0.4 is 5.76 Å². The van der Waals surface area contributed by atoms with Crippen molar-refractivity contribution in [3.05, 3.63) is 83.4 Å². The number of nitrogens with zero attached hydrogens (tertiary/aromatic N) is 2. The number of rotatable bonds is 3. The van der Waals surface area contributed by atoms with E-state index in [1.165, 1.54) is 42.7 Å². The molecule has 7 nitrogen and oxygen atoms in total. The molecule has 0 aliphatic rings. The molecular formula is C20H12FN3O4S. The molecule has 3 heterocycles. The number of benzene rings is 2. The standard InChI is InChI=1S/C20H12FN3O4S/c21-13-6-7-15-16(12-8-18-19(22-10-12)23-20(25)28-18)11-24(17(15)9-13)29(26,27)14-4-2-1-3-5-14/h1-11H,(H,22,23,25). The molecule has 0 unspecified atom stereocenters. The van der Waals surface area contributed by atoms with Crippen LogP contribution in [0.5, 0.6) is 0 Å². The molecule has 3 aromatic heterocycles. The number of oxazole rings is 1. The Bertz CT molecular complexity index is 1550. The van der Waals surface area contributed by atoms with Gasteiger partial charge in [-0.1, -0.05) is 18.2 Å². The summed E-state index contributed by atoms with van der Waals surface area (Å²) in [5, 5.41) is 0.518. The van der Waals surface area contributed by atoms with Crippen LogP contribution in [0.1, 0.15) is 0 Å². The van der Waals surface area contributed by atoms with Gasteiger partial charge in [0.1, 0.15) is 5.82 Å². The van der Waals surface area contributed by atoms with Crippen LogP contribution in [0.3, 0.4) is 0 Å². The van der Waals surface area contributed by atoms with Gasteiger partial charge in [0.15, 0.2) is 11.2 Å². The minimum atomic E-state index is -3.96. The van der Waals surface area contributed by atoms with Gasteiger partial charge in [-0.2, -0.15) is 0 Å². The molecule has 29 heavy (non-hydrogen) atoms. The van der Waals surface area contributed by atoms with Crippen molar-refractivity contribution >= 4 is 32.2 Å². The van der Waals surface area contributed by atoms with Crippen LogP contribution in [0, 0.1) is 5.82 Å². The Labute approximate surface area is 163 Å². The predicted octanol–water partition coefficient (Wildman–Crippen LogP) is 3.51. The van der Waals surface area contributed by atoms with Crippen molar-refractivity contribution in [2.24, 2.45) is 0 Å². The van der Waals surface area contributed by atoms with Gasteiger partial charge in [-0.3, -0.25) is 4.98 Å². The van der Waals surface area contributed by atoms with Crippen molar-refractivity contribution in [1.29, 1.82) is 0 Å². The number of hydrogen-bond acceptors (Lipinski definition) is 5. The zero-order chi connectivity index (χ0) is 20.2. The second kappa shape index (κ2) is 6.14. The molecule has 5 rings (SSSR count). The zero-order valence-corrected chi connectivity index (χ0v) is 15.5. The van der Waals surface area contributed by atoms with Gasteiger partial charge in [0.05, 0.1) is 10.4 Å². The van der Waals surface area contributed by atoms with Crippen molar-refractivity contribution in [2.75, 3.05) is 0 Å². The van der Waals surface area contributed by atoms with Crippen LogP contribution in [-0.2, 0) is 10.0 Å². The molecule has 0 radical (unpaired) electrons. The summed E-state index contributed by atoms with van der Waals surface area (Å²) in [5.74, 6) is -1.20. The molecular weight excluding hydrogens is 397 g/mol. The Morgan fingerprint density at radius 3 is 2.66 bits per heavy atom. The summed E-state index contributed by atoms with van der Waals surface area (Å²) < 4.78 is 46.4. The summed E-state index contributed by atoms with van der Waals surface area (Å²) in [6, 6.07) is 13.4. The van der Waals surface area contributed by atoms with Crippen LogP contribution in [-0.4, -0.2) is 22.4 Å². The zero-order valence-electron chi connectivity index (χ0n) is 14.7. The number of nitrogens with one attached hydrogen (secondary N) is 1. The van der Waals surface area contributed by atoms with Gasteiger partial charge < -0.3 is 4.42 Å². The Kier molecular flexibility index (Phi) is 3.68. The highest BCUT2D eigenvalue weighted by molar-refractivity contribution is 7.90. The third-order valence-corrected chi connectivity index (χ3v) is 6.31. The Hall–Kier alpha value is -3.72. The lowest BCUT2D eigenvalue weighted by molar-refractivity contribution is 0.555. The molecule has 1 N–H and O–H groups in total. The van der Waals surface area contributed by atoms with Gasteiger partial charge >= 0.3 is 5.76 Å². The molecule has 0 spiro atoms. The van der Waals surface area contributed by atoms with Crippen LogP contribution >= 0.6 is 0 Å². The highest BCUT2D eigenvalue weighted by atomic mass is 32.2. The van der Waals surface area contributed by atoms with E-state index in [1.54, 1.807) is 24.3 Å². The van der Waals surface area contributed by atoms with Crippen LogP contribution in [0.4, 0.5) is 4.39 Å². The van der Waals surface area contributed by atoms with E-state index >= 15 is 0 Å². The maximum atomic E-state index is 14.0. The average molecular weight is 409 g/mol. The molecule has 0 saturated carbocycles. The average Bonchev–Trinajstić information content (AvgIpc) is 3.27. The Morgan fingerprint density at radius 2 is 1.86 bits per heavy atom. The fraction of sp³-hybridized carbons (Fsp3) is 0. The predicted molar refractivity (Wildman–Crippen MR) is 105 cm³/mol. The van der Waals surface area contributed by atoms with Gasteiger partial charge in [-0.15, -0.1) is 0 Å². The summed E-state index contributed by atoms with van der Waals surface area (Å²) >= 11 is 0. The molecule has 0 aliphatic carbocycles. The highest BCUT2D eigenvalue weighted by Gasteiger charge is 2.22. The van der Waals surface area contributed by atoms with Gasteiger partial charge in [-0.05, 0) is 36.4 Å². The fourth-order valence-corrected chi connectivity index (χ4v) is 4.67. The molecule has 9 heteroatoms. The third-order valence-electron chi connectivity index (χ3n) is 4.62. The summed E-state index contributed by atoms with van der Waals surface area (Å²) in [6.07, 6.45) is 2.91. The van der Waals surface area contributed by atoms with E-state index in [2.05, 4.69) is 9.97 Å². The first-order valence-electron chi connectivity index (χ1n) is 8.54. The molecule has 2 aromatic carbocycles. The molecule has 0 fully saturated rings. The largest absolute Gasteiger partial charge is 0.418 e. The number of aromatic nitrogens is 3. The van der Waals surface area contributed by atoms with Crippen molar-refractivity contribution in [3.63, 3.8) is 0 Å². The summed E-state index contributed by atoms with van der Waals surface area (Å²) in [6.45, 7) is 0. The quantitative estimate of drug-likeness (QED) is 0.492. The lowest BCUT2D eigenvalue weighted by Gasteiger charge is -2.07. The Balaban J connectivity index is 1.80. The van der Waals surface area contributed by atoms with Gasteiger partial charge in [-0.25, -0.2) is 26.6 Å². The van der Waals surface area contributed by atoms with Crippen molar-refractivity contribution in [2.45, 2.75) is 4.90 Å². The maximum absolute atomic E-state index is 14.0. The van der Waals surface area contributed by atoms with E-state index in [0.29, 0.717) is 16.5 Å². The molecule has 144 valence electrons. The molecule has 0 aliphatic heterocycles. The SMILES string of the molecule is O=c1[nH]c2ncc(-c3cn(S(=O)(=O)c4ccccc4)c4cc(F)ccc34)cc2o1. The first-order valence-corrected chi connectivity index (χ1v) is 9.98. The van der Waals surface area contributed by atoms with E-state index in [1.807, 2.05) is 0 Å². The van der Waals surface area contributed by atoms with E-state index in [9.17, 15) is 17.6 Å². The maximum Gasteiger partial charge on any atom is 0.418 e. The topological polar surface area (TPSA) is 98.0 Å². The molecule has 0 amide bonds. The third kappa shape index (κ3) is 2.74. The second-order valence-corrected chi connectivity index (χ2v) is 8.22. The van der Waals surface area contributed by atoms with Crippen LogP contribution in [0.15, 0.2) is 81.1 Å². The number of pyridine rings is 1. The summed E-state index contributed by atoms with van der Waals surface area (Å²) in [5.41, 5.74) is 1.75. The first kappa shape index (κ1) is 17.4. The van der Waals surface area contributed by atoms with E-state index < -0.39 is 21.6 Å². The van der Waals surface area contributed by atoms with E-state index in [4.69, 9.17) is 4.42 Å². The second-order valence-electron chi connectivity index (χ2n) is 6.40. The first-order chi connectivity index (χ1) is 13.9. The monoisotopic (exact) mass is 409 g/mol. The minimum absolute atomic E-state index is 0.0814. The smallest absolute Gasteiger partial charge is 0.406 e.